The lowest BCUT2D eigenvalue weighted by Crippen LogP contribution is -2.33. The van der Waals surface area contributed by atoms with Gasteiger partial charge >= 0.3 is 0 Å². The third-order valence-electron chi connectivity index (χ3n) is 2.93. The van der Waals surface area contributed by atoms with Crippen LogP contribution >= 0.6 is 0 Å². The van der Waals surface area contributed by atoms with Crippen molar-refractivity contribution in [2.75, 3.05) is 13.1 Å². The zero-order chi connectivity index (χ0) is 15.9. The lowest BCUT2D eigenvalue weighted by atomic mass is 9.98. The summed E-state index contributed by atoms with van der Waals surface area (Å²) < 4.78 is 26.9. The SMILES string of the molecule is CCCNCc1cccc(CS(=O)(=O)NCC(C)(C)C)c1. The maximum atomic E-state index is 12.1. The van der Waals surface area contributed by atoms with E-state index in [1.807, 2.05) is 45.0 Å². The highest BCUT2D eigenvalue weighted by molar-refractivity contribution is 7.88. The summed E-state index contributed by atoms with van der Waals surface area (Å²) in [5.74, 6) is 0.0324. The van der Waals surface area contributed by atoms with Crippen LogP contribution in [0.3, 0.4) is 0 Å². The first-order valence-electron chi connectivity index (χ1n) is 7.48. The van der Waals surface area contributed by atoms with E-state index >= 15 is 0 Å². The maximum Gasteiger partial charge on any atom is 0.215 e. The van der Waals surface area contributed by atoms with Gasteiger partial charge in [-0.2, -0.15) is 0 Å². The van der Waals surface area contributed by atoms with Crippen LogP contribution in [0.25, 0.3) is 0 Å². The van der Waals surface area contributed by atoms with Crippen LogP contribution in [-0.4, -0.2) is 21.5 Å². The van der Waals surface area contributed by atoms with Crippen molar-refractivity contribution < 1.29 is 8.42 Å². The fourth-order valence-electron chi connectivity index (χ4n) is 1.84. The minimum Gasteiger partial charge on any atom is -0.313 e. The van der Waals surface area contributed by atoms with Crippen molar-refractivity contribution in [3.05, 3.63) is 35.4 Å². The van der Waals surface area contributed by atoms with Gasteiger partial charge in [0.05, 0.1) is 5.75 Å². The molecular formula is C16H28N2O2S. The molecular weight excluding hydrogens is 284 g/mol. The quantitative estimate of drug-likeness (QED) is 0.726. The molecule has 0 saturated heterocycles. The van der Waals surface area contributed by atoms with Crippen LogP contribution in [0.15, 0.2) is 24.3 Å². The monoisotopic (exact) mass is 312 g/mol. The molecule has 0 radical (unpaired) electrons. The van der Waals surface area contributed by atoms with Gasteiger partial charge in [0.1, 0.15) is 0 Å². The Bertz CT molecular complexity index is 533. The van der Waals surface area contributed by atoms with Crippen LogP contribution in [-0.2, 0) is 22.3 Å². The van der Waals surface area contributed by atoms with Crippen LogP contribution < -0.4 is 10.0 Å². The van der Waals surface area contributed by atoms with Crippen LogP contribution in [0.2, 0.25) is 0 Å². The Morgan fingerprint density at radius 2 is 1.81 bits per heavy atom. The largest absolute Gasteiger partial charge is 0.313 e. The van der Waals surface area contributed by atoms with Crippen LogP contribution in [0.5, 0.6) is 0 Å². The van der Waals surface area contributed by atoms with Gasteiger partial charge in [-0.15, -0.1) is 0 Å². The predicted molar refractivity (Wildman–Crippen MR) is 88.5 cm³/mol. The van der Waals surface area contributed by atoms with E-state index in [0.29, 0.717) is 6.54 Å². The van der Waals surface area contributed by atoms with Gasteiger partial charge in [-0.1, -0.05) is 52.0 Å². The molecule has 0 aliphatic heterocycles. The molecule has 1 aromatic rings. The fraction of sp³-hybridized carbons (Fsp3) is 0.625. The molecule has 0 amide bonds. The Balaban J connectivity index is 2.63. The topological polar surface area (TPSA) is 58.2 Å². The summed E-state index contributed by atoms with van der Waals surface area (Å²) in [5, 5.41) is 3.32. The highest BCUT2D eigenvalue weighted by Crippen LogP contribution is 2.13. The van der Waals surface area contributed by atoms with Gasteiger partial charge in [0.15, 0.2) is 0 Å². The van der Waals surface area contributed by atoms with Crippen LogP contribution in [0, 0.1) is 5.41 Å². The molecule has 5 heteroatoms. The molecule has 21 heavy (non-hydrogen) atoms. The molecule has 0 heterocycles. The second-order valence-corrected chi connectivity index (χ2v) is 8.44. The van der Waals surface area contributed by atoms with Crippen LogP contribution in [0.1, 0.15) is 45.2 Å². The number of hydrogen-bond acceptors (Lipinski definition) is 3. The van der Waals surface area contributed by atoms with E-state index in [-0.39, 0.29) is 11.2 Å². The van der Waals surface area contributed by atoms with Crippen molar-refractivity contribution in [2.24, 2.45) is 5.41 Å². The molecule has 1 rings (SSSR count). The third-order valence-corrected chi connectivity index (χ3v) is 4.22. The van der Waals surface area contributed by atoms with Crippen molar-refractivity contribution >= 4 is 10.0 Å². The fourth-order valence-corrected chi connectivity index (χ4v) is 3.21. The Morgan fingerprint density at radius 1 is 1.14 bits per heavy atom. The van der Waals surface area contributed by atoms with Gasteiger partial charge in [0.25, 0.3) is 0 Å². The first-order valence-corrected chi connectivity index (χ1v) is 9.13. The first kappa shape index (κ1) is 18.1. The summed E-state index contributed by atoms with van der Waals surface area (Å²) in [4.78, 5) is 0. The van der Waals surface area contributed by atoms with Gasteiger partial charge in [-0.05, 0) is 29.5 Å². The summed E-state index contributed by atoms with van der Waals surface area (Å²) >= 11 is 0. The Morgan fingerprint density at radius 3 is 2.43 bits per heavy atom. The van der Waals surface area contributed by atoms with E-state index in [9.17, 15) is 8.42 Å². The van der Waals surface area contributed by atoms with E-state index in [0.717, 1.165) is 30.6 Å². The number of sulfonamides is 1. The Kier molecular flexibility index (Phi) is 6.84. The molecule has 0 bridgehead atoms. The first-order chi connectivity index (χ1) is 9.72. The molecule has 2 N–H and O–H groups in total. The number of benzene rings is 1. The Hall–Kier alpha value is -0.910. The summed E-state index contributed by atoms with van der Waals surface area (Å²) in [5.41, 5.74) is 1.89. The van der Waals surface area contributed by atoms with Crippen molar-refractivity contribution in [1.82, 2.24) is 10.0 Å². The molecule has 4 nitrogen and oxygen atoms in total. The molecule has 0 aliphatic carbocycles. The average molecular weight is 312 g/mol. The molecule has 0 aromatic heterocycles. The molecule has 0 saturated carbocycles. The molecule has 0 spiro atoms. The predicted octanol–water partition coefficient (Wildman–Crippen LogP) is 2.65. The number of hydrogen-bond donors (Lipinski definition) is 2. The second kappa shape index (κ2) is 7.92. The highest BCUT2D eigenvalue weighted by atomic mass is 32.2. The lowest BCUT2D eigenvalue weighted by molar-refractivity contribution is 0.407. The molecule has 120 valence electrons. The summed E-state index contributed by atoms with van der Waals surface area (Å²) in [7, 11) is -3.28. The zero-order valence-corrected chi connectivity index (χ0v) is 14.4. The maximum absolute atomic E-state index is 12.1. The van der Waals surface area contributed by atoms with Gasteiger partial charge in [0, 0.05) is 13.1 Å². The molecule has 0 aliphatic rings. The van der Waals surface area contributed by atoms with Gasteiger partial charge in [-0.25, -0.2) is 13.1 Å². The third kappa shape index (κ3) is 8.19. The zero-order valence-electron chi connectivity index (χ0n) is 13.6. The summed E-state index contributed by atoms with van der Waals surface area (Å²) in [6, 6.07) is 7.75. The normalized spacial score (nSPS) is 12.6. The second-order valence-electron chi connectivity index (χ2n) is 6.64. The minimum atomic E-state index is -3.28. The standard InChI is InChI=1S/C16H28N2O2S/c1-5-9-17-11-14-7-6-8-15(10-14)12-21(19,20)18-13-16(2,3)4/h6-8,10,17-18H,5,9,11-13H2,1-4H3. The lowest BCUT2D eigenvalue weighted by Gasteiger charge is -2.18. The molecule has 0 atom stereocenters. The minimum absolute atomic E-state index is 0.0324. The molecule has 0 unspecified atom stereocenters. The summed E-state index contributed by atoms with van der Waals surface area (Å²) in [6.45, 7) is 10.3. The van der Waals surface area contributed by atoms with E-state index in [2.05, 4.69) is 17.0 Å². The van der Waals surface area contributed by atoms with Crippen molar-refractivity contribution in [3.63, 3.8) is 0 Å². The van der Waals surface area contributed by atoms with E-state index in [1.165, 1.54) is 0 Å². The van der Waals surface area contributed by atoms with E-state index in [1.54, 1.807) is 0 Å². The summed E-state index contributed by atoms with van der Waals surface area (Å²) in [6.07, 6.45) is 1.09. The molecule has 1 aromatic carbocycles. The average Bonchev–Trinajstić information content (AvgIpc) is 2.36. The van der Waals surface area contributed by atoms with Gasteiger partial charge < -0.3 is 5.32 Å². The Labute approximate surface area is 129 Å². The van der Waals surface area contributed by atoms with Crippen molar-refractivity contribution in [3.8, 4) is 0 Å². The van der Waals surface area contributed by atoms with Crippen molar-refractivity contribution in [1.29, 1.82) is 0 Å². The van der Waals surface area contributed by atoms with Crippen molar-refractivity contribution in [2.45, 2.75) is 46.4 Å². The van der Waals surface area contributed by atoms with Gasteiger partial charge in [0.2, 0.25) is 10.0 Å². The van der Waals surface area contributed by atoms with Crippen LogP contribution in [0.4, 0.5) is 0 Å². The number of rotatable bonds is 8. The highest BCUT2D eigenvalue weighted by Gasteiger charge is 2.17. The van der Waals surface area contributed by atoms with E-state index < -0.39 is 10.0 Å². The van der Waals surface area contributed by atoms with E-state index in [4.69, 9.17) is 0 Å². The molecule has 0 fully saturated rings. The number of nitrogens with one attached hydrogen (secondary N) is 2. The smallest absolute Gasteiger partial charge is 0.215 e. The van der Waals surface area contributed by atoms with Gasteiger partial charge in [-0.3, -0.25) is 0 Å².